The number of anilines is 1. The molecule has 5 rings (SSSR count). The van der Waals surface area contributed by atoms with Gasteiger partial charge >= 0.3 is 0 Å². The van der Waals surface area contributed by atoms with Crippen molar-refractivity contribution in [2.45, 2.75) is 57.3 Å². The first-order valence-corrected chi connectivity index (χ1v) is 11.5. The number of rotatable bonds is 5. The minimum Gasteiger partial charge on any atom is -0.487 e. The molecule has 4 unspecified atom stereocenters. The van der Waals surface area contributed by atoms with Crippen molar-refractivity contribution in [3.8, 4) is 5.75 Å². The molecule has 6 heteroatoms. The molecule has 2 heterocycles. The fraction of sp³-hybridized carbons (Fsp3) is 0.522. The smallest absolute Gasteiger partial charge is 0.168 e. The summed E-state index contributed by atoms with van der Waals surface area (Å²) in [4.78, 5) is 15.3. The zero-order valence-electron chi connectivity index (χ0n) is 16.7. The minimum absolute atomic E-state index is 0.00661. The fourth-order valence-corrected chi connectivity index (χ4v) is 6.04. The van der Waals surface area contributed by atoms with Crippen LogP contribution in [0.1, 0.15) is 44.9 Å². The molecule has 0 spiro atoms. The van der Waals surface area contributed by atoms with Gasteiger partial charge in [0.25, 0.3) is 0 Å². The largest absolute Gasteiger partial charge is 0.487 e. The SMILES string of the molecule is Cc1cc2c(s1)CCC(CNC1CCC(Oc3cccc4c3CCN4)C1O)C2=O. The minimum atomic E-state index is -0.558. The van der Waals surface area contributed by atoms with Crippen LogP contribution in [-0.2, 0) is 12.8 Å². The molecule has 1 aromatic carbocycles. The van der Waals surface area contributed by atoms with Gasteiger partial charge in [-0.15, -0.1) is 11.3 Å². The van der Waals surface area contributed by atoms with Crippen molar-refractivity contribution in [2.24, 2.45) is 5.92 Å². The van der Waals surface area contributed by atoms with E-state index in [9.17, 15) is 9.90 Å². The molecule has 0 saturated heterocycles. The monoisotopic (exact) mass is 412 g/mol. The van der Waals surface area contributed by atoms with E-state index in [0.717, 1.165) is 55.6 Å². The highest BCUT2D eigenvalue weighted by Gasteiger charge is 2.38. The number of nitrogens with one attached hydrogen (secondary N) is 2. The summed E-state index contributed by atoms with van der Waals surface area (Å²) in [7, 11) is 0. The van der Waals surface area contributed by atoms with Crippen LogP contribution in [0, 0.1) is 12.8 Å². The Labute approximate surface area is 175 Å². The maximum absolute atomic E-state index is 12.8. The van der Waals surface area contributed by atoms with Crippen LogP contribution in [0.15, 0.2) is 24.3 Å². The molecule has 1 fully saturated rings. The summed E-state index contributed by atoms with van der Waals surface area (Å²) in [5.74, 6) is 1.16. The van der Waals surface area contributed by atoms with E-state index in [2.05, 4.69) is 23.6 Å². The quantitative estimate of drug-likeness (QED) is 0.703. The molecule has 3 aliphatic rings. The third-order valence-corrected chi connectivity index (χ3v) is 7.68. The first kappa shape index (κ1) is 19.1. The van der Waals surface area contributed by atoms with E-state index in [-0.39, 0.29) is 23.8 Å². The predicted molar refractivity (Wildman–Crippen MR) is 115 cm³/mol. The van der Waals surface area contributed by atoms with Gasteiger partial charge in [0.2, 0.25) is 0 Å². The molecule has 5 nitrogen and oxygen atoms in total. The van der Waals surface area contributed by atoms with Crippen LogP contribution in [0.4, 0.5) is 5.69 Å². The topological polar surface area (TPSA) is 70.6 Å². The average molecular weight is 413 g/mol. The molecule has 4 atom stereocenters. The van der Waals surface area contributed by atoms with Crippen LogP contribution in [0.5, 0.6) is 5.75 Å². The second kappa shape index (κ2) is 7.74. The number of aliphatic hydroxyl groups is 1. The molecular formula is C23H28N2O3S. The Bertz CT molecular complexity index is 925. The van der Waals surface area contributed by atoms with Crippen molar-refractivity contribution >= 4 is 22.8 Å². The van der Waals surface area contributed by atoms with Gasteiger partial charge in [0.1, 0.15) is 18.0 Å². The predicted octanol–water partition coefficient (Wildman–Crippen LogP) is 3.33. The Morgan fingerprint density at radius 1 is 1.28 bits per heavy atom. The summed E-state index contributed by atoms with van der Waals surface area (Å²) in [6, 6.07) is 8.09. The Balaban J connectivity index is 1.19. The molecule has 1 aromatic heterocycles. The van der Waals surface area contributed by atoms with Gasteiger partial charge in [-0.25, -0.2) is 0 Å². The molecule has 0 amide bonds. The van der Waals surface area contributed by atoms with Crippen molar-refractivity contribution in [1.29, 1.82) is 0 Å². The molecule has 0 radical (unpaired) electrons. The lowest BCUT2D eigenvalue weighted by Gasteiger charge is -2.26. The maximum atomic E-state index is 12.8. The summed E-state index contributed by atoms with van der Waals surface area (Å²) >= 11 is 1.75. The number of aryl methyl sites for hydroxylation is 2. The fourth-order valence-electron chi connectivity index (χ4n) is 4.98. The van der Waals surface area contributed by atoms with Gasteiger partial charge in [-0.05, 0) is 57.2 Å². The van der Waals surface area contributed by atoms with Crippen LogP contribution in [0.2, 0.25) is 0 Å². The number of aliphatic hydroxyl groups excluding tert-OH is 1. The van der Waals surface area contributed by atoms with Gasteiger partial charge in [0.05, 0.1) is 0 Å². The lowest BCUT2D eigenvalue weighted by Crippen LogP contribution is -2.44. The normalized spacial score (nSPS) is 28.1. The molecule has 1 aliphatic heterocycles. The average Bonchev–Trinajstić information content (AvgIpc) is 3.42. The Hall–Kier alpha value is -1.89. The third-order valence-electron chi connectivity index (χ3n) is 6.57. The Kier molecular flexibility index (Phi) is 5.10. The summed E-state index contributed by atoms with van der Waals surface area (Å²) in [5.41, 5.74) is 3.28. The van der Waals surface area contributed by atoms with E-state index in [1.165, 1.54) is 15.3 Å². The highest BCUT2D eigenvalue weighted by Crippen LogP contribution is 2.35. The van der Waals surface area contributed by atoms with Crippen molar-refractivity contribution in [2.75, 3.05) is 18.4 Å². The van der Waals surface area contributed by atoms with E-state index in [0.29, 0.717) is 6.54 Å². The number of carbonyl (C=O) groups excluding carboxylic acids is 1. The second-order valence-electron chi connectivity index (χ2n) is 8.49. The Morgan fingerprint density at radius 2 is 2.17 bits per heavy atom. The molecule has 2 aliphatic carbocycles. The number of thiophene rings is 1. The molecule has 0 bridgehead atoms. The van der Waals surface area contributed by atoms with Crippen molar-refractivity contribution in [3.63, 3.8) is 0 Å². The third kappa shape index (κ3) is 3.58. The standard InChI is InChI=1S/C23H28N2O3S/c1-13-11-16-21(29-13)8-5-14(22(16)26)12-25-18-6-7-20(23(18)27)28-19-4-2-3-17-15(19)9-10-24-17/h2-4,11,14,18,20,23-25,27H,5-10,12H2,1H3. The number of Topliss-reactive ketones (excluding diaryl/α,β-unsaturated/α-hetero) is 1. The van der Waals surface area contributed by atoms with Crippen molar-refractivity contribution in [3.05, 3.63) is 45.1 Å². The van der Waals surface area contributed by atoms with Gasteiger partial charge in [0.15, 0.2) is 5.78 Å². The van der Waals surface area contributed by atoms with Gasteiger partial charge in [-0.2, -0.15) is 0 Å². The van der Waals surface area contributed by atoms with E-state index >= 15 is 0 Å². The molecule has 1 saturated carbocycles. The molecule has 154 valence electrons. The lowest BCUT2D eigenvalue weighted by molar-refractivity contribution is 0.0438. The second-order valence-corrected chi connectivity index (χ2v) is 9.83. The zero-order valence-corrected chi connectivity index (χ0v) is 17.6. The van der Waals surface area contributed by atoms with Crippen LogP contribution in [0.3, 0.4) is 0 Å². The van der Waals surface area contributed by atoms with E-state index < -0.39 is 6.10 Å². The highest BCUT2D eigenvalue weighted by molar-refractivity contribution is 7.12. The highest BCUT2D eigenvalue weighted by atomic mass is 32.1. The van der Waals surface area contributed by atoms with Crippen molar-refractivity contribution < 1.29 is 14.6 Å². The van der Waals surface area contributed by atoms with Crippen LogP contribution in [0.25, 0.3) is 0 Å². The Morgan fingerprint density at radius 3 is 3.07 bits per heavy atom. The number of hydrogen-bond donors (Lipinski definition) is 3. The van der Waals surface area contributed by atoms with Gasteiger partial charge in [-0.1, -0.05) is 6.07 Å². The number of carbonyl (C=O) groups is 1. The number of hydrogen-bond acceptors (Lipinski definition) is 6. The molecule has 3 N–H and O–H groups in total. The maximum Gasteiger partial charge on any atom is 0.168 e. The number of fused-ring (bicyclic) bond motifs is 2. The number of benzene rings is 1. The lowest BCUT2D eigenvalue weighted by atomic mass is 9.87. The van der Waals surface area contributed by atoms with E-state index in [1.807, 2.05) is 18.2 Å². The summed E-state index contributed by atoms with van der Waals surface area (Å²) in [6.45, 7) is 3.64. The zero-order chi connectivity index (χ0) is 20.0. The van der Waals surface area contributed by atoms with Crippen LogP contribution in [-0.4, -0.2) is 42.2 Å². The van der Waals surface area contributed by atoms with E-state index in [1.54, 1.807) is 11.3 Å². The molecular weight excluding hydrogens is 384 g/mol. The number of ether oxygens (including phenoxy) is 1. The van der Waals surface area contributed by atoms with E-state index in [4.69, 9.17) is 4.74 Å². The van der Waals surface area contributed by atoms with Crippen LogP contribution >= 0.6 is 11.3 Å². The van der Waals surface area contributed by atoms with Gasteiger partial charge < -0.3 is 20.5 Å². The molecule has 2 aromatic rings. The summed E-state index contributed by atoms with van der Waals surface area (Å²) in [5, 5.41) is 17.7. The summed E-state index contributed by atoms with van der Waals surface area (Å²) < 4.78 is 6.23. The van der Waals surface area contributed by atoms with Crippen molar-refractivity contribution in [1.82, 2.24) is 5.32 Å². The van der Waals surface area contributed by atoms with Gasteiger partial charge in [0, 0.05) is 51.6 Å². The molecule has 29 heavy (non-hydrogen) atoms. The summed E-state index contributed by atoms with van der Waals surface area (Å²) in [6.07, 6.45) is 3.77. The van der Waals surface area contributed by atoms with Crippen LogP contribution < -0.4 is 15.4 Å². The first-order chi connectivity index (χ1) is 14.1. The van der Waals surface area contributed by atoms with Gasteiger partial charge in [-0.3, -0.25) is 4.79 Å². The first-order valence-electron chi connectivity index (χ1n) is 10.7. The number of ketones is 1.